The Balaban J connectivity index is 1.52. The number of thiazole rings is 1. The van der Waals surface area contributed by atoms with E-state index in [1.54, 1.807) is 11.8 Å². The number of pyridine rings is 1. The highest BCUT2D eigenvalue weighted by Crippen LogP contribution is 2.40. The molecule has 2 aliphatic heterocycles. The molecule has 41 heavy (non-hydrogen) atoms. The number of fused-ring (bicyclic) bond motifs is 1. The molecule has 1 fully saturated rings. The molecule has 5 N–H and O–H groups in total. The molecule has 2 amide bonds. The summed E-state index contributed by atoms with van der Waals surface area (Å²) in [6.07, 6.45) is 3.74. The van der Waals surface area contributed by atoms with Gasteiger partial charge in [0.25, 0.3) is 11.8 Å². The molecule has 0 spiro atoms. The van der Waals surface area contributed by atoms with Crippen molar-refractivity contribution in [2.75, 3.05) is 11.5 Å². The van der Waals surface area contributed by atoms with Crippen LogP contribution in [0.15, 0.2) is 51.2 Å². The number of carbonyl (C=O) groups is 4. The predicted octanol–water partition coefficient (Wildman–Crippen LogP) is 1.54. The molecule has 4 rings (SSSR count). The summed E-state index contributed by atoms with van der Waals surface area (Å²) in [5, 5.41) is 27.0. The van der Waals surface area contributed by atoms with Gasteiger partial charge < -0.3 is 26.1 Å². The smallest absolute Gasteiger partial charge is 0.352 e. The van der Waals surface area contributed by atoms with E-state index in [4.69, 9.17) is 10.6 Å². The first-order chi connectivity index (χ1) is 19.3. The molecule has 13 nitrogen and oxygen atoms in total. The fraction of sp³-hybridized carbons (Fsp3) is 0.400. The van der Waals surface area contributed by atoms with Crippen LogP contribution in [-0.2, 0) is 30.6 Å². The zero-order valence-electron chi connectivity index (χ0n) is 22.6. The van der Waals surface area contributed by atoms with Gasteiger partial charge in [-0.05, 0) is 13.8 Å². The third-order valence-corrected chi connectivity index (χ3v) is 9.03. The van der Waals surface area contributed by atoms with Gasteiger partial charge in [0.1, 0.15) is 22.8 Å². The maximum Gasteiger partial charge on any atom is 0.352 e. The van der Waals surface area contributed by atoms with Crippen LogP contribution in [0.5, 0.6) is 0 Å². The molecular formula is C25H29N6O7S3+. The number of carboxylic acids is 2. The van der Waals surface area contributed by atoms with Crippen molar-refractivity contribution in [1.29, 1.82) is 0 Å². The average Bonchev–Trinajstić information content (AvgIpc) is 3.33. The Labute approximate surface area is 247 Å². The number of nitrogens with two attached hydrogens (primary N) is 1. The van der Waals surface area contributed by atoms with Gasteiger partial charge in [0.05, 0.1) is 0 Å². The third-order valence-electron chi connectivity index (χ3n) is 6.00. The molecule has 0 aromatic carbocycles. The maximum atomic E-state index is 13.2. The zero-order chi connectivity index (χ0) is 30.1. The summed E-state index contributed by atoms with van der Waals surface area (Å²) >= 11 is 4.08. The number of nitrogen functional groups attached to an aromatic ring is 1. The number of oxime groups is 1. The number of nitrogens with zero attached hydrogens (tertiary/aromatic N) is 4. The third kappa shape index (κ3) is 6.65. The van der Waals surface area contributed by atoms with Gasteiger partial charge in [0.2, 0.25) is 5.60 Å². The Morgan fingerprint density at radius 3 is 2.56 bits per heavy atom. The summed E-state index contributed by atoms with van der Waals surface area (Å²) in [7, 11) is 0. The Morgan fingerprint density at radius 1 is 1.32 bits per heavy atom. The Morgan fingerprint density at radius 2 is 2.00 bits per heavy atom. The second-order valence-electron chi connectivity index (χ2n) is 9.91. The molecule has 218 valence electrons. The lowest BCUT2D eigenvalue weighted by atomic mass is 10.0. The number of carboxylic acid groups (broad SMARTS) is 2. The predicted molar refractivity (Wildman–Crippen MR) is 153 cm³/mol. The number of aliphatic carboxylic acids is 2. The Hall–Kier alpha value is -3.63. The number of hydrogen-bond donors (Lipinski definition) is 4. The highest BCUT2D eigenvalue weighted by Gasteiger charge is 2.55. The fourth-order valence-electron chi connectivity index (χ4n) is 3.93. The molecule has 2 aromatic rings. The van der Waals surface area contributed by atoms with Crippen LogP contribution in [-0.4, -0.2) is 77.6 Å². The quantitative estimate of drug-likeness (QED) is 0.0937. The van der Waals surface area contributed by atoms with Crippen LogP contribution in [0.1, 0.15) is 33.4 Å². The molecule has 0 saturated carbocycles. The highest BCUT2D eigenvalue weighted by atomic mass is 32.2. The lowest BCUT2D eigenvalue weighted by Gasteiger charge is -2.49. The molecule has 2 aromatic heterocycles. The van der Waals surface area contributed by atoms with Crippen molar-refractivity contribution in [3.63, 3.8) is 0 Å². The molecule has 2 atom stereocenters. The number of aromatic nitrogens is 2. The van der Waals surface area contributed by atoms with Crippen molar-refractivity contribution in [1.82, 2.24) is 15.2 Å². The van der Waals surface area contributed by atoms with E-state index >= 15 is 0 Å². The van der Waals surface area contributed by atoms with Crippen molar-refractivity contribution in [2.24, 2.45) is 5.16 Å². The number of amides is 2. The van der Waals surface area contributed by atoms with Gasteiger partial charge in [-0.2, -0.15) is 0 Å². The Bertz CT molecular complexity index is 1440. The zero-order valence-corrected chi connectivity index (χ0v) is 25.0. The summed E-state index contributed by atoms with van der Waals surface area (Å²) in [6.45, 7) is 6.99. The van der Waals surface area contributed by atoms with E-state index in [0.29, 0.717) is 16.6 Å². The van der Waals surface area contributed by atoms with Crippen molar-refractivity contribution in [3.05, 3.63) is 46.9 Å². The van der Waals surface area contributed by atoms with Gasteiger partial charge in [-0.25, -0.2) is 19.1 Å². The van der Waals surface area contributed by atoms with Crippen molar-refractivity contribution >= 4 is 69.5 Å². The minimum absolute atomic E-state index is 0.0364. The first-order valence-corrected chi connectivity index (χ1v) is 15.2. The van der Waals surface area contributed by atoms with E-state index in [-0.39, 0.29) is 28.8 Å². The van der Waals surface area contributed by atoms with Crippen LogP contribution in [0.25, 0.3) is 0 Å². The van der Waals surface area contributed by atoms with Gasteiger partial charge in [-0.15, -0.1) is 34.9 Å². The molecule has 1 saturated heterocycles. The van der Waals surface area contributed by atoms with E-state index in [9.17, 15) is 29.4 Å². The summed E-state index contributed by atoms with van der Waals surface area (Å²) in [4.78, 5) is 61.5. The first kappa shape index (κ1) is 30.3. The largest absolute Gasteiger partial charge is 0.478 e. The van der Waals surface area contributed by atoms with Crippen LogP contribution in [0.3, 0.4) is 0 Å². The average molecular weight is 622 g/mol. The molecule has 2 unspecified atom stereocenters. The number of nitrogens with one attached hydrogen (secondary N) is 1. The van der Waals surface area contributed by atoms with E-state index < -0.39 is 40.8 Å². The summed E-state index contributed by atoms with van der Waals surface area (Å²) in [6, 6.07) is 2.87. The van der Waals surface area contributed by atoms with Crippen molar-refractivity contribution in [3.8, 4) is 0 Å². The summed E-state index contributed by atoms with van der Waals surface area (Å²) in [5.74, 6) is -3.66. The van der Waals surface area contributed by atoms with Gasteiger partial charge in [-0.1, -0.05) is 19.0 Å². The van der Waals surface area contributed by atoms with E-state index in [2.05, 4.69) is 29.3 Å². The van der Waals surface area contributed by atoms with E-state index in [0.717, 1.165) is 16.2 Å². The van der Waals surface area contributed by atoms with Crippen LogP contribution in [0.2, 0.25) is 0 Å². The van der Waals surface area contributed by atoms with Gasteiger partial charge in [0, 0.05) is 39.0 Å². The minimum Gasteiger partial charge on any atom is -0.478 e. The number of anilines is 1. The molecule has 4 heterocycles. The molecule has 0 bridgehead atoms. The maximum absolute atomic E-state index is 13.2. The fourth-order valence-corrected chi connectivity index (χ4v) is 6.64. The number of rotatable bonds is 11. The molecule has 0 radical (unpaired) electrons. The number of thioether (sulfide) groups is 2. The first-order valence-electron chi connectivity index (χ1n) is 12.4. The summed E-state index contributed by atoms with van der Waals surface area (Å²) in [5.41, 5.74) is 4.06. The van der Waals surface area contributed by atoms with Crippen LogP contribution in [0, 0.1) is 0 Å². The number of hydrogen-bond acceptors (Lipinski definition) is 11. The second-order valence-corrected chi connectivity index (χ2v) is 13.6. The number of β-lactam (4-membered cyclic amide) rings is 1. The number of carbonyl (C=O) groups excluding carboxylic acids is 2. The molecule has 16 heteroatoms. The van der Waals surface area contributed by atoms with Crippen LogP contribution >= 0.6 is 34.9 Å². The van der Waals surface area contributed by atoms with Crippen molar-refractivity contribution < 1.29 is 38.8 Å². The standard InChI is InChI=1S/C25H28N6O7S3/c1-12(2)41-14-5-7-30(8-6-14)9-13-10-39-21-17(20(33)31(21)18(13)22(34)35)28-19(32)16(15-11-40-24(26)27-15)29-38-25(3,4)23(36)37/h5-8,11-12,17,21H,9-10H2,1-4H3,(H4-,26,27,28,32,34,35,36,37)/p+1/b29-16-. The van der Waals surface area contributed by atoms with Gasteiger partial charge >= 0.3 is 11.9 Å². The molecule has 0 aliphatic carbocycles. The monoisotopic (exact) mass is 621 g/mol. The molecular weight excluding hydrogens is 593 g/mol. The SMILES string of the molecule is CC(C)Sc1cc[n+](CC2=C(C(=O)O)N3C(=O)C(NC(=O)/C(=N\OC(C)(C)C(=O)O)c4csc(N)n4)C3SC2)cc1. The van der Waals surface area contributed by atoms with E-state index in [1.165, 1.54) is 35.9 Å². The lowest BCUT2D eigenvalue weighted by Crippen LogP contribution is -2.71. The van der Waals surface area contributed by atoms with Gasteiger partial charge in [-0.3, -0.25) is 14.5 Å². The lowest BCUT2D eigenvalue weighted by molar-refractivity contribution is -0.689. The highest BCUT2D eigenvalue weighted by molar-refractivity contribution is 8.00. The van der Waals surface area contributed by atoms with Crippen LogP contribution < -0.4 is 15.6 Å². The topological polar surface area (TPSA) is 188 Å². The minimum atomic E-state index is -1.75. The Kier molecular flexibility index (Phi) is 8.94. The summed E-state index contributed by atoms with van der Waals surface area (Å²) < 4.78 is 1.86. The van der Waals surface area contributed by atoms with Gasteiger partial charge in [0.15, 0.2) is 29.8 Å². The van der Waals surface area contributed by atoms with Crippen LogP contribution in [0.4, 0.5) is 5.13 Å². The second kappa shape index (κ2) is 12.1. The van der Waals surface area contributed by atoms with E-state index in [1.807, 2.05) is 29.1 Å². The molecule has 2 aliphatic rings. The van der Waals surface area contributed by atoms with Crippen molar-refractivity contribution in [2.45, 2.75) is 61.4 Å². The normalized spacial score (nSPS) is 19.1.